The van der Waals surface area contributed by atoms with Crippen LogP contribution in [-0.4, -0.2) is 41.8 Å². The van der Waals surface area contributed by atoms with Crippen molar-refractivity contribution in [1.29, 1.82) is 0 Å². The van der Waals surface area contributed by atoms with Crippen LogP contribution in [0.4, 0.5) is 0 Å². The van der Waals surface area contributed by atoms with Crippen LogP contribution in [-0.2, 0) is 20.9 Å². The fraction of sp³-hybridized carbons (Fsp3) is 0.250. The average molecular weight is 435 g/mol. The number of carbonyl (C=O) groups is 4. The lowest BCUT2D eigenvalue weighted by Gasteiger charge is -2.13. The number of hydrogen-bond donors (Lipinski definition) is 0. The molecule has 0 aliphatic carbocycles. The van der Waals surface area contributed by atoms with Crippen molar-refractivity contribution in [2.45, 2.75) is 26.4 Å². The Morgan fingerprint density at radius 2 is 1.59 bits per heavy atom. The minimum Gasteiger partial charge on any atom is -0.461 e. The van der Waals surface area contributed by atoms with Crippen molar-refractivity contribution in [3.05, 3.63) is 71.0 Å². The molecule has 2 amide bonds. The standard InChI is InChI=1S/C24H21NO7/c1-2-30-24(29)21-18(15-8-5-6-11-19(15)32-21)14-31-20(26)12-7-13-25-22(27)16-9-3-4-10-17(16)23(25)28/h3-6,8-11H,2,7,12-14H2,1H3. The first-order valence-corrected chi connectivity index (χ1v) is 10.3. The number of fused-ring (bicyclic) bond motifs is 2. The van der Waals surface area contributed by atoms with E-state index >= 15 is 0 Å². The molecule has 0 bridgehead atoms. The normalized spacial score (nSPS) is 12.8. The highest BCUT2D eigenvalue weighted by Gasteiger charge is 2.34. The molecule has 2 aromatic carbocycles. The number of esters is 2. The molecule has 8 nitrogen and oxygen atoms in total. The van der Waals surface area contributed by atoms with E-state index in [1.165, 1.54) is 0 Å². The first kappa shape index (κ1) is 21.3. The molecule has 0 unspecified atom stereocenters. The minimum atomic E-state index is -0.625. The monoisotopic (exact) mass is 435 g/mol. The highest BCUT2D eigenvalue weighted by Crippen LogP contribution is 2.27. The fourth-order valence-corrected chi connectivity index (χ4v) is 3.65. The maximum Gasteiger partial charge on any atom is 0.374 e. The molecule has 1 aliphatic heterocycles. The highest BCUT2D eigenvalue weighted by atomic mass is 16.5. The number of amides is 2. The van der Waals surface area contributed by atoms with E-state index in [2.05, 4.69) is 0 Å². The van der Waals surface area contributed by atoms with Gasteiger partial charge in [-0.05, 0) is 31.5 Å². The van der Waals surface area contributed by atoms with Crippen molar-refractivity contribution < 1.29 is 33.1 Å². The maximum atomic E-state index is 12.4. The third-order valence-electron chi connectivity index (χ3n) is 5.18. The smallest absolute Gasteiger partial charge is 0.374 e. The molecular formula is C24H21NO7. The molecule has 8 heteroatoms. The molecule has 0 spiro atoms. The second-order valence-corrected chi connectivity index (χ2v) is 7.20. The molecule has 3 aromatic rings. The first-order valence-electron chi connectivity index (χ1n) is 10.3. The van der Waals surface area contributed by atoms with Crippen LogP contribution in [0, 0.1) is 0 Å². The summed E-state index contributed by atoms with van der Waals surface area (Å²) in [5.74, 6) is -1.85. The molecule has 0 fully saturated rings. The molecule has 0 atom stereocenters. The minimum absolute atomic E-state index is 0.00637. The Morgan fingerprint density at radius 3 is 2.28 bits per heavy atom. The van der Waals surface area contributed by atoms with E-state index in [0.29, 0.717) is 27.7 Å². The lowest BCUT2D eigenvalue weighted by Crippen LogP contribution is -2.31. The van der Waals surface area contributed by atoms with Crippen LogP contribution < -0.4 is 0 Å². The molecule has 1 aromatic heterocycles. The molecular weight excluding hydrogens is 414 g/mol. The van der Waals surface area contributed by atoms with E-state index in [0.717, 1.165) is 4.90 Å². The van der Waals surface area contributed by atoms with Gasteiger partial charge in [0, 0.05) is 18.4 Å². The number of imide groups is 1. The summed E-state index contributed by atoms with van der Waals surface area (Å²) in [6, 6.07) is 13.7. The SMILES string of the molecule is CCOC(=O)c1oc2ccccc2c1COC(=O)CCCN1C(=O)c2ccccc2C1=O. The van der Waals surface area contributed by atoms with Crippen LogP contribution in [0.3, 0.4) is 0 Å². The van der Waals surface area contributed by atoms with E-state index < -0.39 is 11.9 Å². The van der Waals surface area contributed by atoms with Crippen molar-refractivity contribution in [2.75, 3.05) is 13.2 Å². The summed E-state index contributed by atoms with van der Waals surface area (Å²) >= 11 is 0. The molecule has 2 heterocycles. The van der Waals surface area contributed by atoms with Gasteiger partial charge in [0.25, 0.3) is 11.8 Å². The quantitative estimate of drug-likeness (QED) is 0.392. The summed E-state index contributed by atoms with van der Waals surface area (Å²) < 4.78 is 16.0. The van der Waals surface area contributed by atoms with Crippen LogP contribution in [0.5, 0.6) is 0 Å². The van der Waals surface area contributed by atoms with Gasteiger partial charge in [0.2, 0.25) is 5.76 Å². The van der Waals surface area contributed by atoms with Crippen molar-refractivity contribution in [1.82, 2.24) is 4.90 Å². The molecule has 0 saturated carbocycles. The second-order valence-electron chi connectivity index (χ2n) is 7.20. The molecule has 164 valence electrons. The topological polar surface area (TPSA) is 103 Å². The number of rotatable bonds is 8. The fourth-order valence-electron chi connectivity index (χ4n) is 3.65. The number of furan rings is 1. The zero-order valence-electron chi connectivity index (χ0n) is 17.5. The Labute approximate surface area is 183 Å². The van der Waals surface area contributed by atoms with E-state index in [1.807, 2.05) is 0 Å². The number of benzene rings is 2. The van der Waals surface area contributed by atoms with Gasteiger partial charge in [-0.25, -0.2) is 4.79 Å². The lowest BCUT2D eigenvalue weighted by atomic mass is 10.1. The largest absolute Gasteiger partial charge is 0.461 e. The van der Waals surface area contributed by atoms with Gasteiger partial charge in [-0.15, -0.1) is 0 Å². The Kier molecular flexibility index (Phi) is 6.02. The van der Waals surface area contributed by atoms with E-state index in [1.54, 1.807) is 55.5 Å². The Bertz CT molecular complexity index is 1180. The maximum absolute atomic E-state index is 12.4. The highest BCUT2D eigenvalue weighted by molar-refractivity contribution is 6.21. The molecule has 32 heavy (non-hydrogen) atoms. The zero-order valence-corrected chi connectivity index (χ0v) is 17.5. The molecule has 0 radical (unpaired) electrons. The van der Waals surface area contributed by atoms with Crippen LogP contribution in [0.1, 0.15) is 56.6 Å². The Balaban J connectivity index is 1.36. The number of ether oxygens (including phenoxy) is 2. The van der Waals surface area contributed by atoms with Crippen molar-refractivity contribution in [2.24, 2.45) is 0 Å². The summed E-state index contributed by atoms with van der Waals surface area (Å²) in [5, 5.41) is 0.661. The van der Waals surface area contributed by atoms with E-state index in [-0.39, 0.29) is 50.2 Å². The third kappa shape index (κ3) is 3.99. The predicted molar refractivity (Wildman–Crippen MR) is 113 cm³/mol. The summed E-state index contributed by atoms with van der Waals surface area (Å²) in [6.45, 7) is 1.84. The molecule has 0 saturated heterocycles. The van der Waals surface area contributed by atoms with Crippen LogP contribution in [0.2, 0.25) is 0 Å². The number of hydrogen-bond acceptors (Lipinski definition) is 7. The summed E-state index contributed by atoms with van der Waals surface area (Å²) in [5.41, 5.74) is 1.68. The van der Waals surface area contributed by atoms with Gasteiger partial charge in [0.15, 0.2) is 0 Å². The molecule has 4 rings (SSSR count). The predicted octanol–water partition coefficient (Wildman–Crippen LogP) is 3.73. The van der Waals surface area contributed by atoms with Gasteiger partial charge < -0.3 is 13.9 Å². The third-order valence-corrected chi connectivity index (χ3v) is 5.18. The Morgan fingerprint density at radius 1 is 0.938 bits per heavy atom. The van der Waals surface area contributed by atoms with Gasteiger partial charge in [0.1, 0.15) is 12.2 Å². The van der Waals surface area contributed by atoms with Gasteiger partial charge in [0.05, 0.1) is 23.3 Å². The summed E-state index contributed by atoms with van der Waals surface area (Å²) in [6.07, 6.45) is 0.277. The number of nitrogens with zero attached hydrogens (tertiary/aromatic N) is 1. The lowest BCUT2D eigenvalue weighted by molar-refractivity contribution is -0.145. The van der Waals surface area contributed by atoms with E-state index in [9.17, 15) is 19.2 Å². The van der Waals surface area contributed by atoms with Crippen molar-refractivity contribution in [3.63, 3.8) is 0 Å². The summed E-state index contributed by atoms with van der Waals surface area (Å²) in [7, 11) is 0. The molecule has 0 N–H and O–H groups in total. The summed E-state index contributed by atoms with van der Waals surface area (Å²) in [4.78, 5) is 50.4. The first-order chi connectivity index (χ1) is 15.5. The van der Waals surface area contributed by atoms with Crippen molar-refractivity contribution in [3.8, 4) is 0 Å². The zero-order chi connectivity index (χ0) is 22.7. The van der Waals surface area contributed by atoms with Gasteiger partial charge in [-0.2, -0.15) is 0 Å². The van der Waals surface area contributed by atoms with Crippen LogP contribution in [0.25, 0.3) is 11.0 Å². The van der Waals surface area contributed by atoms with Gasteiger partial charge in [-0.3, -0.25) is 19.3 Å². The van der Waals surface area contributed by atoms with Crippen molar-refractivity contribution >= 4 is 34.7 Å². The van der Waals surface area contributed by atoms with Gasteiger partial charge >= 0.3 is 11.9 Å². The van der Waals surface area contributed by atoms with Crippen LogP contribution >= 0.6 is 0 Å². The van der Waals surface area contributed by atoms with Crippen LogP contribution in [0.15, 0.2) is 52.9 Å². The number of para-hydroxylation sites is 1. The molecule has 1 aliphatic rings. The van der Waals surface area contributed by atoms with E-state index in [4.69, 9.17) is 13.9 Å². The number of carbonyl (C=O) groups excluding carboxylic acids is 4. The average Bonchev–Trinajstić information content (AvgIpc) is 3.29. The second kappa shape index (κ2) is 9.05. The Hall–Kier alpha value is -3.94. The van der Waals surface area contributed by atoms with Gasteiger partial charge in [-0.1, -0.05) is 30.3 Å².